The molecule has 0 bridgehead atoms. The second-order valence-corrected chi connectivity index (χ2v) is 14.2. The second-order valence-electron chi connectivity index (χ2n) is 9.86. The van der Waals surface area contributed by atoms with E-state index in [1.807, 2.05) is 0 Å². The molecule has 0 aliphatic carbocycles. The van der Waals surface area contributed by atoms with Gasteiger partial charge in [0.25, 0.3) is 8.32 Å². The van der Waals surface area contributed by atoms with Gasteiger partial charge in [0.1, 0.15) is 0 Å². The fourth-order valence-corrected chi connectivity index (χ4v) is 8.72. The maximum absolute atomic E-state index is 11.2. The number of aliphatic carboxylic acids is 1. The van der Waals surface area contributed by atoms with Crippen molar-refractivity contribution in [1.29, 1.82) is 0 Å². The predicted octanol–water partition coefficient (Wildman–Crippen LogP) is 5.62. The third kappa shape index (κ3) is 5.83. The van der Waals surface area contributed by atoms with Crippen molar-refractivity contribution < 1.29 is 14.3 Å². The van der Waals surface area contributed by atoms with Crippen molar-refractivity contribution in [3.63, 3.8) is 0 Å². The highest BCUT2D eigenvalue weighted by Crippen LogP contribution is 2.36. The van der Waals surface area contributed by atoms with E-state index >= 15 is 0 Å². The molecule has 30 heavy (non-hydrogen) atoms. The summed E-state index contributed by atoms with van der Waals surface area (Å²) < 4.78 is 6.90. The van der Waals surface area contributed by atoms with Crippen LogP contribution in [0.25, 0.3) is 0 Å². The van der Waals surface area contributed by atoms with Crippen LogP contribution in [0.2, 0.25) is 5.04 Å². The normalized spacial score (nSPS) is 12.7. The first-order valence-corrected chi connectivity index (χ1v) is 13.0. The Labute approximate surface area is 183 Å². The van der Waals surface area contributed by atoms with E-state index in [-0.39, 0.29) is 5.04 Å². The Hall–Kier alpha value is -1.91. The SMILES string of the molecule is CC(C)(CCCCCCO[Si](c1ccccc1)(c1ccccc1)C(C)(C)C)C(=O)O. The summed E-state index contributed by atoms with van der Waals surface area (Å²) in [5, 5.41) is 11.9. The lowest BCUT2D eigenvalue weighted by molar-refractivity contribution is -0.147. The zero-order valence-corrected chi connectivity index (χ0v) is 20.3. The molecule has 0 aliphatic heterocycles. The van der Waals surface area contributed by atoms with E-state index < -0.39 is 19.7 Å². The molecular formula is C26H38O3Si. The van der Waals surface area contributed by atoms with Gasteiger partial charge in [-0.2, -0.15) is 0 Å². The molecule has 0 atom stereocenters. The van der Waals surface area contributed by atoms with Crippen LogP contribution in [0, 0.1) is 5.41 Å². The summed E-state index contributed by atoms with van der Waals surface area (Å²) in [7, 11) is -2.44. The molecule has 164 valence electrons. The number of benzene rings is 2. The molecule has 0 unspecified atom stereocenters. The fourth-order valence-electron chi connectivity index (χ4n) is 4.12. The molecule has 0 radical (unpaired) electrons. The Morgan fingerprint density at radius 2 is 1.27 bits per heavy atom. The van der Waals surface area contributed by atoms with E-state index in [1.165, 1.54) is 10.4 Å². The fraction of sp³-hybridized carbons (Fsp3) is 0.500. The first-order valence-electron chi connectivity index (χ1n) is 11.1. The number of rotatable bonds is 11. The third-order valence-electron chi connectivity index (χ3n) is 6.01. The van der Waals surface area contributed by atoms with Crippen LogP contribution in [-0.4, -0.2) is 26.0 Å². The van der Waals surface area contributed by atoms with E-state index in [4.69, 9.17) is 4.43 Å². The summed E-state index contributed by atoms with van der Waals surface area (Å²) in [6, 6.07) is 21.5. The Morgan fingerprint density at radius 1 is 0.800 bits per heavy atom. The topological polar surface area (TPSA) is 46.5 Å². The molecule has 0 heterocycles. The smallest absolute Gasteiger partial charge is 0.309 e. The van der Waals surface area contributed by atoms with Crippen molar-refractivity contribution >= 4 is 24.7 Å². The van der Waals surface area contributed by atoms with Crippen LogP contribution in [0.15, 0.2) is 60.7 Å². The Morgan fingerprint density at radius 3 is 1.70 bits per heavy atom. The quantitative estimate of drug-likeness (QED) is 0.374. The van der Waals surface area contributed by atoms with Gasteiger partial charge in [-0.05, 0) is 42.1 Å². The summed E-state index contributed by atoms with van der Waals surface area (Å²) in [4.78, 5) is 11.2. The summed E-state index contributed by atoms with van der Waals surface area (Å²) >= 11 is 0. The summed E-state index contributed by atoms with van der Waals surface area (Å²) in [5.74, 6) is -0.711. The highest BCUT2D eigenvalue weighted by Gasteiger charge is 2.49. The van der Waals surface area contributed by atoms with Crippen molar-refractivity contribution in [2.75, 3.05) is 6.61 Å². The van der Waals surface area contributed by atoms with Crippen molar-refractivity contribution in [3.8, 4) is 0 Å². The minimum Gasteiger partial charge on any atom is -0.481 e. The molecule has 0 spiro atoms. The second kappa shape index (κ2) is 10.4. The lowest BCUT2D eigenvalue weighted by Crippen LogP contribution is -2.66. The first-order chi connectivity index (χ1) is 14.1. The largest absolute Gasteiger partial charge is 0.481 e. The highest BCUT2D eigenvalue weighted by atomic mass is 28.4. The molecule has 4 heteroatoms. The van der Waals surface area contributed by atoms with Crippen LogP contribution in [0.3, 0.4) is 0 Å². The molecule has 0 saturated carbocycles. The third-order valence-corrected chi connectivity index (χ3v) is 11.1. The maximum atomic E-state index is 11.2. The van der Waals surface area contributed by atoms with Crippen LogP contribution < -0.4 is 10.4 Å². The number of carboxylic acids is 1. The Balaban J connectivity index is 2.08. The summed E-state index contributed by atoms with van der Waals surface area (Å²) in [5.41, 5.74) is -0.634. The van der Waals surface area contributed by atoms with Crippen LogP contribution >= 0.6 is 0 Å². The Kier molecular flexibility index (Phi) is 8.45. The molecule has 2 rings (SSSR count). The van der Waals surface area contributed by atoms with Gasteiger partial charge in [0, 0.05) is 6.61 Å². The predicted molar refractivity (Wildman–Crippen MR) is 128 cm³/mol. The number of carbonyl (C=O) groups is 1. The number of hydrogen-bond donors (Lipinski definition) is 1. The Bertz CT molecular complexity index is 739. The zero-order chi connectivity index (χ0) is 22.3. The van der Waals surface area contributed by atoms with E-state index in [9.17, 15) is 9.90 Å². The van der Waals surface area contributed by atoms with Gasteiger partial charge in [0.05, 0.1) is 5.41 Å². The maximum Gasteiger partial charge on any atom is 0.309 e. The molecular weight excluding hydrogens is 388 g/mol. The van der Waals surface area contributed by atoms with Gasteiger partial charge in [0.2, 0.25) is 0 Å². The zero-order valence-electron chi connectivity index (χ0n) is 19.3. The van der Waals surface area contributed by atoms with Gasteiger partial charge in [-0.25, -0.2) is 0 Å². The van der Waals surface area contributed by atoms with Gasteiger partial charge in [-0.15, -0.1) is 0 Å². The lowest BCUT2D eigenvalue weighted by Gasteiger charge is -2.43. The average Bonchev–Trinajstić information content (AvgIpc) is 2.70. The van der Waals surface area contributed by atoms with Crippen molar-refractivity contribution in [3.05, 3.63) is 60.7 Å². The molecule has 1 N–H and O–H groups in total. The standard InChI is InChI=1S/C26H38O3Si/c1-25(2,3)30(22-16-10-8-11-17-22,23-18-12-9-13-19-23)29-21-15-7-6-14-20-26(4,5)24(27)28/h8-13,16-19H,6-7,14-15,20-21H2,1-5H3,(H,27,28). The van der Waals surface area contributed by atoms with Gasteiger partial charge in [-0.3, -0.25) is 4.79 Å². The van der Waals surface area contributed by atoms with Gasteiger partial charge < -0.3 is 9.53 Å². The lowest BCUT2D eigenvalue weighted by atomic mass is 9.87. The molecule has 0 saturated heterocycles. The minimum atomic E-state index is -2.44. The van der Waals surface area contributed by atoms with Gasteiger partial charge in [0.15, 0.2) is 0 Å². The minimum absolute atomic E-state index is 0.00121. The molecule has 2 aromatic carbocycles. The van der Waals surface area contributed by atoms with E-state index in [0.29, 0.717) is 0 Å². The number of unbranched alkanes of at least 4 members (excludes halogenated alkanes) is 3. The molecule has 3 nitrogen and oxygen atoms in total. The molecule has 0 aliphatic rings. The van der Waals surface area contributed by atoms with Crippen molar-refractivity contribution in [1.82, 2.24) is 0 Å². The summed E-state index contributed by atoms with van der Waals surface area (Å²) in [6.45, 7) is 11.2. The number of hydrogen-bond acceptors (Lipinski definition) is 2. The summed E-state index contributed by atoms with van der Waals surface area (Å²) in [6.07, 6.45) is 4.77. The van der Waals surface area contributed by atoms with E-state index in [2.05, 4.69) is 81.4 Å². The molecule has 0 amide bonds. The monoisotopic (exact) mass is 426 g/mol. The molecule has 2 aromatic rings. The van der Waals surface area contributed by atoms with Gasteiger partial charge in [-0.1, -0.05) is 101 Å². The van der Waals surface area contributed by atoms with Crippen LogP contribution in [0.4, 0.5) is 0 Å². The average molecular weight is 427 g/mol. The van der Waals surface area contributed by atoms with Crippen LogP contribution in [-0.2, 0) is 9.22 Å². The molecule has 0 aromatic heterocycles. The van der Waals surface area contributed by atoms with Crippen molar-refractivity contribution in [2.45, 2.75) is 71.8 Å². The van der Waals surface area contributed by atoms with Crippen molar-refractivity contribution in [2.24, 2.45) is 5.41 Å². The van der Waals surface area contributed by atoms with Crippen LogP contribution in [0.5, 0.6) is 0 Å². The van der Waals surface area contributed by atoms with E-state index in [1.54, 1.807) is 13.8 Å². The highest BCUT2D eigenvalue weighted by molar-refractivity contribution is 6.99. The van der Waals surface area contributed by atoms with Gasteiger partial charge >= 0.3 is 5.97 Å². The van der Waals surface area contributed by atoms with Crippen LogP contribution in [0.1, 0.15) is 66.7 Å². The first kappa shape index (κ1) is 24.4. The molecule has 0 fully saturated rings. The number of carboxylic acid groups (broad SMARTS) is 1. The van der Waals surface area contributed by atoms with E-state index in [0.717, 1.165) is 38.7 Å².